The number of nitrogens with one attached hydrogen (secondary N) is 1. The maximum absolute atomic E-state index is 13.2. The molecule has 1 aliphatic heterocycles. The summed E-state index contributed by atoms with van der Waals surface area (Å²) in [4.78, 5) is 19.7. The smallest absolute Gasteiger partial charge is 0.255 e. The molecule has 4 nitrogen and oxygen atoms in total. The van der Waals surface area contributed by atoms with Crippen molar-refractivity contribution in [1.29, 1.82) is 0 Å². The standard InChI is InChI=1S/C17H21N3OS2/c1-12-10-22-11-13(12)16(21)20(9-15-19-6-7-23-15)14-8-17(14)2-4-18-5-3-17/h6-7,10-11,14,18H,2-5,8-9H2,1H3. The van der Waals surface area contributed by atoms with Crippen LogP contribution in [-0.2, 0) is 6.54 Å². The zero-order chi connectivity index (χ0) is 15.9. The lowest BCUT2D eigenvalue weighted by molar-refractivity contribution is 0.0692. The molecule has 23 heavy (non-hydrogen) atoms. The largest absolute Gasteiger partial charge is 0.328 e. The molecule has 6 heteroatoms. The summed E-state index contributed by atoms with van der Waals surface area (Å²) in [5.41, 5.74) is 2.30. The second-order valence-corrected chi connectivity index (χ2v) is 8.38. The number of piperidine rings is 1. The van der Waals surface area contributed by atoms with Crippen LogP contribution in [0.1, 0.15) is 40.2 Å². The van der Waals surface area contributed by atoms with Crippen LogP contribution in [0.25, 0.3) is 0 Å². The molecule has 2 fully saturated rings. The van der Waals surface area contributed by atoms with Crippen LogP contribution in [0.2, 0.25) is 0 Å². The van der Waals surface area contributed by atoms with Crippen molar-refractivity contribution in [1.82, 2.24) is 15.2 Å². The molecule has 0 radical (unpaired) electrons. The lowest BCUT2D eigenvalue weighted by Gasteiger charge is -2.29. The van der Waals surface area contributed by atoms with Crippen LogP contribution in [-0.4, -0.2) is 34.9 Å². The van der Waals surface area contributed by atoms with Crippen molar-refractivity contribution in [3.63, 3.8) is 0 Å². The number of thiophene rings is 1. The van der Waals surface area contributed by atoms with Crippen molar-refractivity contribution < 1.29 is 4.79 Å². The highest BCUT2D eigenvalue weighted by Crippen LogP contribution is 2.56. The first-order chi connectivity index (χ1) is 11.2. The molecule has 4 rings (SSSR count). The van der Waals surface area contributed by atoms with Crippen LogP contribution in [0.3, 0.4) is 0 Å². The van der Waals surface area contributed by atoms with Crippen molar-refractivity contribution in [2.24, 2.45) is 5.41 Å². The van der Waals surface area contributed by atoms with Gasteiger partial charge in [-0.2, -0.15) is 11.3 Å². The Morgan fingerprint density at radius 1 is 1.43 bits per heavy atom. The quantitative estimate of drug-likeness (QED) is 0.923. The van der Waals surface area contributed by atoms with Crippen molar-refractivity contribution in [3.05, 3.63) is 38.5 Å². The second-order valence-electron chi connectivity index (χ2n) is 6.66. The summed E-state index contributed by atoms with van der Waals surface area (Å²) in [5, 5.41) is 10.5. The number of nitrogens with zero attached hydrogens (tertiary/aromatic N) is 2. The number of hydrogen-bond acceptors (Lipinski definition) is 5. The Hall–Kier alpha value is -1.24. The van der Waals surface area contributed by atoms with Crippen LogP contribution in [0.5, 0.6) is 0 Å². The molecule has 1 saturated carbocycles. The number of thiazole rings is 1. The summed E-state index contributed by atoms with van der Waals surface area (Å²) in [5.74, 6) is 0.180. The van der Waals surface area contributed by atoms with E-state index in [0.717, 1.165) is 35.6 Å². The van der Waals surface area contributed by atoms with Gasteiger partial charge in [-0.25, -0.2) is 4.98 Å². The molecule has 1 amide bonds. The molecular formula is C17H21N3OS2. The van der Waals surface area contributed by atoms with Crippen molar-refractivity contribution in [3.8, 4) is 0 Å². The predicted molar refractivity (Wildman–Crippen MR) is 94.0 cm³/mol. The molecule has 1 spiro atoms. The van der Waals surface area contributed by atoms with E-state index in [1.54, 1.807) is 22.7 Å². The van der Waals surface area contributed by atoms with Crippen LogP contribution in [0.15, 0.2) is 22.3 Å². The van der Waals surface area contributed by atoms with Crippen LogP contribution >= 0.6 is 22.7 Å². The number of aryl methyl sites for hydroxylation is 1. The summed E-state index contributed by atoms with van der Waals surface area (Å²) in [6.07, 6.45) is 5.34. The van der Waals surface area contributed by atoms with Crippen molar-refractivity contribution in [2.45, 2.75) is 38.8 Å². The Labute approximate surface area is 144 Å². The maximum Gasteiger partial charge on any atom is 0.255 e. The van der Waals surface area contributed by atoms with Gasteiger partial charge in [0, 0.05) is 23.0 Å². The molecule has 3 heterocycles. The number of carbonyl (C=O) groups is 1. The van der Waals surface area contributed by atoms with E-state index in [2.05, 4.69) is 20.6 Å². The number of aromatic nitrogens is 1. The van der Waals surface area contributed by atoms with Gasteiger partial charge in [-0.1, -0.05) is 0 Å². The topological polar surface area (TPSA) is 45.2 Å². The zero-order valence-electron chi connectivity index (χ0n) is 13.2. The molecule has 2 aromatic rings. The van der Waals surface area contributed by atoms with Gasteiger partial charge >= 0.3 is 0 Å². The highest BCUT2D eigenvalue weighted by molar-refractivity contribution is 7.09. The number of hydrogen-bond donors (Lipinski definition) is 1. The molecule has 0 bridgehead atoms. The minimum absolute atomic E-state index is 0.180. The minimum atomic E-state index is 0.180. The molecule has 1 unspecified atom stereocenters. The highest BCUT2D eigenvalue weighted by Gasteiger charge is 2.57. The van der Waals surface area contributed by atoms with Gasteiger partial charge in [0.15, 0.2) is 0 Å². The van der Waals surface area contributed by atoms with E-state index in [-0.39, 0.29) is 5.91 Å². The van der Waals surface area contributed by atoms with Crippen LogP contribution in [0, 0.1) is 12.3 Å². The Morgan fingerprint density at radius 3 is 2.91 bits per heavy atom. The third-order valence-corrected chi connectivity index (χ3v) is 6.88. The monoisotopic (exact) mass is 347 g/mol. The Bertz CT molecular complexity index is 689. The Balaban J connectivity index is 1.59. The molecule has 0 aromatic carbocycles. The van der Waals surface area contributed by atoms with E-state index < -0.39 is 0 Å². The SMILES string of the molecule is Cc1cscc1C(=O)N(Cc1nccs1)C1CC12CCNCC2. The minimum Gasteiger partial charge on any atom is -0.328 e. The number of carbonyl (C=O) groups excluding carboxylic acids is 1. The van der Waals surface area contributed by atoms with E-state index in [0.29, 0.717) is 18.0 Å². The lowest BCUT2D eigenvalue weighted by Crippen LogP contribution is -2.39. The van der Waals surface area contributed by atoms with Gasteiger partial charge in [0.05, 0.1) is 12.1 Å². The molecule has 1 aliphatic carbocycles. The first-order valence-corrected chi connectivity index (χ1v) is 9.95. The first-order valence-electron chi connectivity index (χ1n) is 8.12. The van der Waals surface area contributed by atoms with Crippen molar-refractivity contribution in [2.75, 3.05) is 13.1 Å². The number of rotatable bonds is 4. The van der Waals surface area contributed by atoms with Gasteiger partial charge < -0.3 is 10.2 Å². The molecule has 1 atom stereocenters. The van der Waals surface area contributed by atoms with Crippen LogP contribution < -0.4 is 5.32 Å². The fourth-order valence-electron chi connectivity index (χ4n) is 3.76. The summed E-state index contributed by atoms with van der Waals surface area (Å²) in [6, 6.07) is 0.375. The fraction of sp³-hybridized carbons (Fsp3) is 0.529. The van der Waals surface area contributed by atoms with E-state index in [4.69, 9.17) is 0 Å². The fourth-order valence-corrected chi connectivity index (χ4v) is 5.20. The molecule has 2 aromatic heterocycles. The van der Waals surface area contributed by atoms with E-state index in [1.165, 1.54) is 12.8 Å². The third-order valence-electron chi connectivity index (χ3n) is 5.26. The Morgan fingerprint density at radius 2 is 2.26 bits per heavy atom. The van der Waals surface area contributed by atoms with Crippen LogP contribution in [0.4, 0.5) is 0 Å². The van der Waals surface area contributed by atoms with Gasteiger partial charge in [-0.05, 0) is 55.6 Å². The highest BCUT2D eigenvalue weighted by atomic mass is 32.1. The average molecular weight is 348 g/mol. The van der Waals surface area contributed by atoms with E-state index >= 15 is 0 Å². The van der Waals surface area contributed by atoms with E-state index in [1.807, 2.05) is 23.9 Å². The van der Waals surface area contributed by atoms with Gasteiger partial charge in [0.25, 0.3) is 5.91 Å². The summed E-state index contributed by atoms with van der Waals surface area (Å²) in [6.45, 7) is 4.82. The predicted octanol–water partition coefficient (Wildman–Crippen LogP) is 3.30. The summed E-state index contributed by atoms with van der Waals surface area (Å²) < 4.78 is 0. The summed E-state index contributed by atoms with van der Waals surface area (Å²) >= 11 is 3.24. The molecule has 1 N–H and O–H groups in total. The van der Waals surface area contributed by atoms with Gasteiger partial charge in [0.1, 0.15) is 5.01 Å². The maximum atomic E-state index is 13.2. The third kappa shape index (κ3) is 2.84. The van der Waals surface area contributed by atoms with Crippen molar-refractivity contribution >= 4 is 28.6 Å². The van der Waals surface area contributed by atoms with Gasteiger partial charge in [-0.15, -0.1) is 11.3 Å². The lowest BCUT2D eigenvalue weighted by atomic mass is 9.93. The molecule has 122 valence electrons. The first kappa shape index (κ1) is 15.3. The number of amides is 1. The Kier molecular flexibility index (Phi) is 3.99. The zero-order valence-corrected chi connectivity index (χ0v) is 14.9. The molecule has 2 aliphatic rings. The van der Waals surface area contributed by atoms with Gasteiger partial charge in [-0.3, -0.25) is 4.79 Å². The summed E-state index contributed by atoms with van der Waals surface area (Å²) in [7, 11) is 0. The average Bonchev–Trinajstić information content (AvgIpc) is 2.97. The van der Waals surface area contributed by atoms with E-state index in [9.17, 15) is 4.79 Å². The normalized spacial score (nSPS) is 22.2. The second kappa shape index (κ2) is 6.00. The molecular weight excluding hydrogens is 326 g/mol. The molecule has 1 saturated heterocycles. The van der Waals surface area contributed by atoms with Gasteiger partial charge in [0.2, 0.25) is 0 Å².